The van der Waals surface area contributed by atoms with Crippen molar-refractivity contribution < 1.29 is 24.1 Å². The number of amides is 1. The smallest absolute Gasteiger partial charge is 0.217 e. The number of aliphatic hydroxyl groups is 1. The molecule has 2 aliphatic rings. The Morgan fingerprint density at radius 2 is 2.19 bits per heavy atom. The van der Waals surface area contributed by atoms with Gasteiger partial charge in [-0.15, -0.1) is 0 Å². The zero-order valence-corrected chi connectivity index (χ0v) is 11.8. The molecule has 1 aromatic rings. The van der Waals surface area contributed by atoms with E-state index in [0.717, 1.165) is 5.56 Å². The van der Waals surface area contributed by atoms with Crippen LogP contribution in [0, 0.1) is 0 Å². The summed E-state index contributed by atoms with van der Waals surface area (Å²) in [5.41, 5.74) is 1.01. The summed E-state index contributed by atoms with van der Waals surface area (Å²) in [5, 5.41) is 13.1. The Hall–Kier alpha value is -1.47. The Morgan fingerprint density at radius 1 is 1.43 bits per heavy atom. The summed E-state index contributed by atoms with van der Waals surface area (Å²) in [6, 6.07) is 9.17. The average Bonchev–Trinajstić information content (AvgIpc) is 2.92. The second kappa shape index (κ2) is 6.11. The molecule has 2 aliphatic heterocycles. The fourth-order valence-electron chi connectivity index (χ4n) is 2.74. The molecule has 2 saturated heterocycles. The van der Waals surface area contributed by atoms with Crippen LogP contribution in [-0.2, 0) is 25.6 Å². The van der Waals surface area contributed by atoms with Gasteiger partial charge in [0.1, 0.15) is 24.4 Å². The third-order valence-electron chi connectivity index (χ3n) is 3.75. The zero-order valence-electron chi connectivity index (χ0n) is 11.8. The van der Waals surface area contributed by atoms with Crippen LogP contribution in [0.1, 0.15) is 12.5 Å². The van der Waals surface area contributed by atoms with Gasteiger partial charge < -0.3 is 24.6 Å². The molecule has 3 rings (SSSR count). The molecular formula is C15H19NO5. The second-order valence-electron chi connectivity index (χ2n) is 5.35. The molecule has 1 amide bonds. The molecule has 6 nitrogen and oxygen atoms in total. The summed E-state index contributed by atoms with van der Waals surface area (Å²) < 4.78 is 16.9. The first-order valence-corrected chi connectivity index (χ1v) is 7.03. The second-order valence-corrected chi connectivity index (χ2v) is 5.35. The van der Waals surface area contributed by atoms with Crippen LogP contribution in [0.25, 0.3) is 0 Å². The molecule has 0 aliphatic carbocycles. The van der Waals surface area contributed by atoms with E-state index in [0.29, 0.717) is 13.2 Å². The van der Waals surface area contributed by atoms with Gasteiger partial charge in [0.15, 0.2) is 6.29 Å². The first-order chi connectivity index (χ1) is 10.1. The van der Waals surface area contributed by atoms with Crippen LogP contribution in [0.5, 0.6) is 0 Å². The largest absolute Gasteiger partial charge is 0.388 e. The van der Waals surface area contributed by atoms with E-state index in [1.165, 1.54) is 6.92 Å². The van der Waals surface area contributed by atoms with E-state index in [4.69, 9.17) is 14.2 Å². The van der Waals surface area contributed by atoms with Crippen molar-refractivity contribution in [3.05, 3.63) is 35.9 Å². The van der Waals surface area contributed by atoms with Crippen molar-refractivity contribution in [3.63, 3.8) is 0 Å². The summed E-state index contributed by atoms with van der Waals surface area (Å²) in [5.74, 6) is -0.210. The van der Waals surface area contributed by atoms with E-state index in [2.05, 4.69) is 5.32 Å². The molecule has 0 spiro atoms. The predicted molar refractivity (Wildman–Crippen MR) is 73.2 cm³/mol. The molecule has 114 valence electrons. The lowest BCUT2D eigenvalue weighted by molar-refractivity contribution is -0.203. The number of carbonyl (C=O) groups is 1. The van der Waals surface area contributed by atoms with Gasteiger partial charge in [0.2, 0.25) is 5.91 Å². The van der Waals surface area contributed by atoms with E-state index < -0.39 is 30.6 Å². The molecule has 2 N–H and O–H groups in total. The number of nitrogens with one attached hydrogen (secondary N) is 1. The number of aliphatic hydroxyl groups excluding tert-OH is 1. The monoisotopic (exact) mass is 293 g/mol. The lowest BCUT2D eigenvalue weighted by atomic mass is 9.98. The van der Waals surface area contributed by atoms with E-state index >= 15 is 0 Å². The summed E-state index contributed by atoms with van der Waals surface area (Å²) in [7, 11) is 0. The number of ether oxygens (including phenoxy) is 3. The number of hydrogen-bond donors (Lipinski definition) is 2. The maximum atomic E-state index is 11.4. The molecule has 0 unspecified atom stereocenters. The molecular weight excluding hydrogens is 274 g/mol. The Balaban J connectivity index is 1.71. The van der Waals surface area contributed by atoms with Gasteiger partial charge in [0, 0.05) is 6.92 Å². The predicted octanol–water partition coefficient (Wildman–Crippen LogP) is 0.193. The zero-order chi connectivity index (χ0) is 14.8. The van der Waals surface area contributed by atoms with Gasteiger partial charge in [-0.05, 0) is 5.56 Å². The van der Waals surface area contributed by atoms with Crippen molar-refractivity contribution in [2.24, 2.45) is 0 Å². The minimum atomic E-state index is -0.829. The molecule has 2 heterocycles. The third kappa shape index (κ3) is 3.08. The summed E-state index contributed by atoms with van der Waals surface area (Å²) in [4.78, 5) is 11.4. The van der Waals surface area contributed by atoms with Crippen LogP contribution in [0.15, 0.2) is 30.3 Å². The number of hydrogen-bond acceptors (Lipinski definition) is 5. The van der Waals surface area contributed by atoms with Gasteiger partial charge in [0.25, 0.3) is 0 Å². The number of benzene rings is 1. The third-order valence-corrected chi connectivity index (χ3v) is 3.75. The topological polar surface area (TPSA) is 77.0 Å². The highest BCUT2D eigenvalue weighted by Crippen LogP contribution is 2.30. The first-order valence-electron chi connectivity index (χ1n) is 7.03. The van der Waals surface area contributed by atoms with Gasteiger partial charge in [-0.3, -0.25) is 4.79 Å². The van der Waals surface area contributed by atoms with Crippen molar-refractivity contribution >= 4 is 5.91 Å². The van der Waals surface area contributed by atoms with E-state index in [1.54, 1.807) is 0 Å². The van der Waals surface area contributed by atoms with Crippen molar-refractivity contribution in [3.8, 4) is 0 Å². The Bertz CT molecular complexity index is 494. The van der Waals surface area contributed by atoms with Gasteiger partial charge in [-0.25, -0.2) is 0 Å². The number of rotatable bonds is 4. The van der Waals surface area contributed by atoms with Crippen molar-refractivity contribution in [1.82, 2.24) is 5.32 Å². The van der Waals surface area contributed by atoms with Gasteiger partial charge in [-0.1, -0.05) is 30.3 Å². The highest BCUT2D eigenvalue weighted by atomic mass is 16.7. The van der Waals surface area contributed by atoms with Crippen LogP contribution >= 0.6 is 0 Å². The molecule has 0 saturated carbocycles. The van der Waals surface area contributed by atoms with Gasteiger partial charge in [0.05, 0.1) is 13.2 Å². The van der Waals surface area contributed by atoms with Crippen LogP contribution < -0.4 is 5.32 Å². The minimum absolute atomic E-state index is 0.210. The fourth-order valence-corrected chi connectivity index (χ4v) is 2.74. The number of carbonyl (C=O) groups excluding carboxylic acids is 1. The first kappa shape index (κ1) is 14.5. The van der Waals surface area contributed by atoms with E-state index in [-0.39, 0.29) is 5.91 Å². The molecule has 21 heavy (non-hydrogen) atoms. The SMILES string of the molecule is CC(=O)N[C@H]1[C@@H]2OC[C@@H](O2)[C@@H](O)[C@@H]1OCc1ccccc1. The van der Waals surface area contributed by atoms with Crippen LogP contribution in [0.4, 0.5) is 0 Å². The summed E-state index contributed by atoms with van der Waals surface area (Å²) in [6.07, 6.45) is -2.35. The van der Waals surface area contributed by atoms with Crippen molar-refractivity contribution in [2.75, 3.05) is 6.61 Å². The minimum Gasteiger partial charge on any atom is -0.388 e. The molecule has 1 aromatic carbocycles. The lowest BCUT2D eigenvalue weighted by Crippen LogP contribution is -2.61. The Labute approximate surface area is 123 Å². The van der Waals surface area contributed by atoms with E-state index in [1.807, 2.05) is 30.3 Å². The molecule has 0 radical (unpaired) electrons. The van der Waals surface area contributed by atoms with Crippen LogP contribution in [0.2, 0.25) is 0 Å². The van der Waals surface area contributed by atoms with Gasteiger partial charge in [-0.2, -0.15) is 0 Å². The fraction of sp³-hybridized carbons (Fsp3) is 0.533. The van der Waals surface area contributed by atoms with Gasteiger partial charge >= 0.3 is 0 Å². The molecule has 2 bridgehead atoms. The summed E-state index contributed by atoms with van der Waals surface area (Å²) >= 11 is 0. The van der Waals surface area contributed by atoms with Crippen molar-refractivity contribution in [1.29, 1.82) is 0 Å². The molecule has 5 atom stereocenters. The maximum Gasteiger partial charge on any atom is 0.217 e. The van der Waals surface area contributed by atoms with E-state index in [9.17, 15) is 9.90 Å². The normalized spacial score (nSPS) is 34.7. The summed E-state index contributed by atoms with van der Waals surface area (Å²) in [6.45, 7) is 2.09. The van der Waals surface area contributed by atoms with Crippen LogP contribution in [-0.4, -0.2) is 48.3 Å². The lowest BCUT2D eigenvalue weighted by Gasteiger charge is -2.38. The molecule has 6 heteroatoms. The van der Waals surface area contributed by atoms with Crippen molar-refractivity contribution in [2.45, 2.75) is 44.2 Å². The molecule has 2 fully saturated rings. The van der Waals surface area contributed by atoms with Crippen LogP contribution in [0.3, 0.4) is 0 Å². The average molecular weight is 293 g/mol. The maximum absolute atomic E-state index is 11.4. The Kier molecular flexibility index (Phi) is 4.21. The number of fused-ring (bicyclic) bond motifs is 2. The molecule has 0 aromatic heterocycles. The standard InChI is InChI=1S/C15H19NO5/c1-9(17)16-12-14(13(18)11-8-20-15(12)21-11)19-7-10-5-3-2-4-6-10/h2-6,11-15,18H,7-8H2,1H3,(H,16,17)/t11-,12-,13-,14-,15-/m1/s1. The highest BCUT2D eigenvalue weighted by molar-refractivity contribution is 5.73. The highest BCUT2D eigenvalue weighted by Gasteiger charge is 2.51. The quantitative estimate of drug-likeness (QED) is 0.829. The Morgan fingerprint density at radius 3 is 2.90 bits per heavy atom.